The van der Waals surface area contributed by atoms with E-state index in [1.807, 2.05) is 24.3 Å². The second kappa shape index (κ2) is 9.33. The van der Waals surface area contributed by atoms with Gasteiger partial charge in [-0.2, -0.15) is 0 Å². The molecule has 0 aliphatic carbocycles. The summed E-state index contributed by atoms with van der Waals surface area (Å²) in [5, 5.41) is 10.8. The lowest BCUT2D eigenvalue weighted by molar-refractivity contribution is -0.385. The minimum atomic E-state index is -0.470. The lowest BCUT2D eigenvalue weighted by Crippen LogP contribution is -1.93. The number of nitrogen functional groups attached to an aromatic ring is 1. The van der Waals surface area contributed by atoms with Crippen molar-refractivity contribution in [1.29, 1.82) is 0 Å². The van der Waals surface area contributed by atoms with Gasteiger partial charge in [-0.15, -0.1) is 0 Å². The van der Waals surface area contributed by atoms with Gasteiger partial charge >= 0.3 is 5.69 Å². The summed E-state index contributed by atoms with van der Waals surface area (Å²) in [7, 11) is 3.00. The van der Waals surface area contributed by atoms with Crippen molar-refractivity contribution in [1.82, 2.24) is 0 Å². The number of nitrogens with zero attached hydrogens (tertiary/aromatic N) is 1. The van der Waals surface area contributed by atoms with Crippen LogP contribution in [0.25, 0.3) is 22.3 Å². The van der Waals surface area contributed by atoms with Crippen molar-refractivity contribution >= 4 is 11.4 Å². The van der Waals surface area contributed by atoms with E-state index in [1.165, 1.54) is 25.7 Å². The number of nitro groups is 1. The van der Waals surface area contributed by atoms with E-state index in [9.17, 15) is 10.1 Å². The fraction of sp³-hybridized carbons (Fsp3) is 0.0909. The minimum absolute atomic E-state index is 0.0544. The molecule has 30 heavy (non-hydrogen) atoms. The fourth-order valence-electron chi connectivity index (χ4n) is 2.78. The number of ether oxygens (including phenoxy) is 2. The highest BCUT2D eigenvalue weighted by Gasteiger charge is 2.15. The largest absolute Gasteiger partial charge is 0.495 e. The zero-order chi connectivity index (χ0) is 21.5. The second-order valence-corrected chi connectivity index (χ2v) is 6.12. The minimum Gasteiger partial charge on any atom is -0.495 e. The van der Waals surface area contributed by atoms with Gasteiger partial charge in [0.25, 0.3) is 0 Å². The summed E-state index contributed by atoms with van der Waals surface area (Å²) in [6.45, 7) is 0. The molecule has 0 spiro atoms. The fourth-order valence-corrected chi connectivity index (χ4v) is 2.78. The average molecular weight is 408 g/mol. The average Bonchev–Trinajstić information content (AvgIpc) is 3.48. The zero-order valence-corrected chi connectivity index (χ0v) is 16.4. The number of nitro benzene ring substituents is 1. The molecule has 4 aromatic rings. The third kappa shape index (κ3) is 4.61. The summed E-state index contributed by atoms with van der Waals surface area (Å²) < 4.78 is 19.9. The molecule has 2 aromatic heterocycles. The molecule has 8 heteroatoms. The van der Waals surface area contributed by atoms with Gasteiger partial charge in [0, 0.05) is 17.2 Å². The molecular weight excluding hydrogens is 388 g/mol. The highest BCUT2D eigenvalue weighted by molar-refractivity contribution is 5.70. The Bertz CT molecular complexity index is 1100. The molecule has 0 fully saturated rings. The lowest BCUT2D eigenvalue weighted by atomic mass is 10.1. The summed E-state index contributed by atoms with van der Waals surface area (Å²) in [4.78, 5) is 10.3. The van der Waals surface area contributed by atoms with Crippen molar-refractivity contribution in [2.24, 2.45) is 0 Å². The topological polar surface area (TPSA) is 114 Å². The van der Waals surface area contributed by atoms with Gasteiger partial charge in [0.15, 0.2) is 5.75 Å². The third-order valence-electron chi connectivity index (χ3n) is 4.31. The molecule has 0 amide bonds. The van der Waals surface area contributed by atoms with E-state index in [0.29, 0.717) is 11.4 Å². The summed E-state index contributed by atoms with van der Waals surface area (Å²) in [6, 6.07) is 14.1. The quantitative estimate of drug-likeness (QED) is 0.267. The van der Waals surface area contributed by atoms with Crippen LogP contribution in [0.2, 0.25) is 0 Å². The SMILES string of the molecule is COc1ccc(-c2ccoc2)cc1N.COc1ccc(-c2ccoc2)cc1[N+](=O)[O-]. The first-order chi connectivity index (χ1) is 14.5. The van der Waals surface area contributed by atoms with E-state index < -0.39 is 4.92 Å². The maximum absolute atomic E-state index is 10.8. The van der Waals surface area contributed by atoms with Crippen LogP contribution in [0.3, 0.4) is 0 Å². The number of hydrogen-bond acceptors (Lipinski definition) is 7. The van der Waals surface area contributed by atoms with E-state index in [0.717, 1.165) is 22.3 Å². The van der Waals surface area contributed by atoms with Crippen LogP contribution in [-0.4, -0.2) is 19.1 Å². The van der Waals surface area contributed by atoms with E-state index >= 15 is 0 Å². The molecule has 0 bridgehead atoms. The molecule has 0 atom stereocenters. The Kier molecular flexibility index (Phi) is 6.39. The van der Waals surface area contributed by atoms with Crippen molar-refractivity contribution < 1.29 is 23.2 Å². The van der Waals surface area contributed by atoms with Gasteiger partial charge < -0.3 is 24.0 Å². The van der Waals surface area contributed by atoms with Gasteiger partial charge in [0.1, 0.15) is 5.75 Å². The zero-order valence-electron chi connectivity index (χ0n) is 16.4. The number of nitrogens with two attached hydrogens (primary N) is 1. The third-order valence-corrected chi connectivity index (χ3v) is 4.31. The van der Waals surface area contributed by atoms with Crippen LogP contribution in [-0.2, 0) is 0 Å². The van der Waals surface area contributed by atoms with E-state index in [1.54, 1.807) is 37.8 Å². The molecule has 4 rings (SSSR count). The maximum atomic E-state index is 10.8. The van der Waals surface area contributed by atoms with Gasteiger partial charge in [-0.25, -0.2) is 0 Å². The molecular formula is C22H20N2O6. The van der Waals surface area contributed by atoms with Crippen LogP contribution in [0, 0.1) is 10.1 Å². The number of anilines is 1. The normalized spacial score (nSPS) is 10.1. The van der Waals surface area contributed by atoms with Crippen molar-refractivity contribution in [3.63, 3.8) is 0 Å². The van der Waals surface area contributed by atoms with Gasteiger partial charge in [0.2, 0.25) is 0 Å². The van der Waals surface area contributed by atoms with Gasteiger partial charge in [-0.05, 0) is 41.5 Å². The van der Waals surface area contributed by atoms with Crippen LogP contribution in [0.5, 0.6) is 11.5 Å². The maximum Gasteiger partial charge on any atom is 0.311 e. The molecule has 0 saturated heterocycles. The summed E-state index contributed by atoms with van der Waals surface area (Å²) in [6.07, 6.45) is 6.37. The highest BCUT2D eigenvalue weighted by atomic mass is 16.6. The Balaban J connectivity index is 0.000000172. The number of benzene rings is 2. The predicted molar refractivity (Wildman–Crippen MR) is 112 cm³/mol. The second-order valence-electron chi connectivity index (χ2n) is 6.12. The van der Waals surface area contributed by atoms with Gasteiger partial charge in [-0.3, -0.25) is 10.1 Å². The molecule has 0 unspecified atom stereocenters. The Morgan fingerprint density at radius 2 is 1.33 bits per heavy atom. The van der Waals surface area contributed by atoms with Crippen molar-refractivity contribution in [3.8, 4) is 33.8 Å². The molecule has 154 valence electrons. The van der Waals surface area contributed by atoms with E-state index in [-0.39, 0.29) is 11.4 Å². The Hall–Kier alpha value is -4.20. The van der Waals surface area contributed by atoms with Crippen LogP contribution in [0.1, 0.15) is 0 Å². The predicted octanol–water partition coefficient (Wildman–Crippen LogP) is 5.40. The lowest BCUT2D eigenvalue weighted by Gasteiger charge is -2.05. The van der Waals surface area contributed by atoms with Crippen molar-refractivity contribution in [3.05, 3.63) is 83.7 Å². The number of furan rings is 2. The number of methoxy groups -OCH3 is 2. The van der Waals surface area contributed by atoms with Gasteiger partial charge in [0.05, 0.1) is 49.9 Å². The molecule has 0 radical (unpaired) electrons. The first-order valence-electron chi connectivity index (χ1n) is 8.84. The highest BCUT2D eigenvalue weighted by Crippen LogP contribution is 2.32. The van der Waals surface area contributed by atoms with Crippen molar-refractivity contribution in [2.75, 3.05) is 20.0 Å². The molecule has 2 heterocycles. The first kappa shape index (κ1) is 20.5. The smallest absolute Gasteiger partial charge is 0.311 e. The molecule has 2 N–H and O–H groups in total. The Morgan fingerprint density at radius 1 is 0.800 bits per heavy atom. The monoisotopic (exact) mass is 408 g/mol. The molecule has 0 aliphatic rings. The number of rotatable bonds is 5. The molecule has 8 nitrogen and oxygen atoms in total. The molecule has 0 aliphatic heterocycles. The first-order valence-corrected chi connectivity index (χ1v) is 8.84. The van der Waals surface area contributed by atoms with Crippen LogP contribution in [0.4, 0.5) is 11.4 Å². The van der Waals surface area contributed by atoms with Crippen LogP contribution >= 0.6 is 0 Å². The summed E-state index contributed by atoms with van der Waals surface area (Å²) in [5.74, 6) is 0.939. The number of hydrogen-bond donors (Lipinski definition) is 1. The van der Waals surface area contributed by atoms with E-state index in [4.69, 9.17) is 24.0 Å². The van der Waals surface area contributed by atoms with E-state index in [2.05, 4.69) is 0 Å². The van der Waals surface area contributed by atoms with Gasteiger partial charge in [-0.1, -0.05) is 12.1 Å². The van der Waals surface area contributed by atoms with Crippen LogP contribution in [0.15, 0.2) is 82.4 Å². The Morgan fingerprint density at radius 3 is 1.77 bits per heavy atom. The molecule has 0 saturated carbocycles. The van der Waals surface area contributed by atoms with Crippen molar-refractivity contribution in [2.45, 2.75) is 0 Å². The van der Waals surface area contributed by atoms with Crippen LogP contribution < -0.4 is 15.2 Å². The Labute approximate surface area is 172 Å². The summed E-state index contributed by atoms with van der Waals surface area (Å²) >= 11 is 0. The standard InChI is InChI=1S/C11H9NO4.C11H11NO2/c1-15-11-3-2-8(6-10(11)12(13)14)9-4-5-16-7-9;1-13-11-3-2-8(6-10(11)12)9-4-5-14-7-9/h2-7H,1H3;2-7H,12H2,1H3. The molecule has 2 aromatic carbocycles. The summed E-state index contributed by atoms with van der Waals surface area (Å²) in [5.41, 5.74) is 9.92.